The average molecular weight is 414 g/mol. The Kier molecular flexibility index (Phi) is 6.03. The van der Waals surface area contributed by atoms with Gasteiger partial charge in [0.05, 0.1) is 0 Å². The molecule has 1 aromatic carbocycles. The van der Waals surface area contributed by atoms with Crippen molar-refractivity contribution in [3.63, 3.8) is 0 Å². The number of carbonyl (C=O) groups excluding carboxylic acids is 2. The number of aromatic amines is 1. The predicted octanol–water partition coefficient (Wildman–Crippen LogP) is 1.69. The van der Waals surface area contributed by atoms with E-state index in [1.54, 1.807) is 0 Å². The van der Waals surface area contributed by atoms with Crippen molar-refractivity contribution in [2.75, 3.05) is 12.3 Å². The number of anilines is 1. The van der Waals surface area contributed by atoms with Crippen molar-refractivity contribution in [3.8, 4) is 10.6 Å². The lowest BCUT2D eigenvalue weighted by atomic mass is 10.2. The van der Waals surface area contributed by atoms with Gasteiger partial charge in [-0.25, -0.2) is 14.6 Å². The topological polar surface area (TPSA) is 137 Å². The Morgan fingerprint density at radius 2 is 1.97 bits per heavy atom. The van der Waals surface area contributed by atoms with Crippen molar-refractivity contribution in [1.29, 1.82) is 0 Å². The molecular weight excluding hydrogens is 396 g/mol. The zero-order valence-corrected chi connectivity index (χ0v) is 16.3. The van der Waals surface area contributed by atoms with E-state index in [1.165, 1.54) is 16.7 Å². The van der Waals surface area contributed by atoms with Gasteiger partial charge in [-0.1, -0.05) is 37.3 Å². The molecule has 0 bridgehead atoms. The number of nitrogen functional groups attached to an aromatic ring is 1. The lowest BCUT2D eigenvalue weighted by molar-refractivity contribution is 0.0469. The first-order valence-electron chi connectivity index (χ1n) is 8.76. The molecule has 0 spiro atoms. The molecule has 9 nitrogen and oxygen atoms in total. The van der Waals surface area contributed by atoms with Crippen molar-refractivity contribution in [2.24, 2.45) is 0 Å². The molecule has 29 heavy (non-hydrogen) atoms. The van der Waals surface area contributed by atoms with Crippen LogP contribution in [0.3, 0.4) is 0 Å². The molecule has 2 heterocycles. The number of nitrogens with two attached hydrogens (primary N) is 1. The van der Waals surface area contributed by atoms with Gasteiger partial charge in [0.1, 0.15) is 16.4 Å². The molecule has 0 atom stereocenters. The highest BCUT2D eigenvalue weighted by molar-refractivity contribution is 7.13. The van der Waals surface area contributed by atoms with E-state index in [0.717, 1.165) is 10.1 Å². The number of H-pyrrole nitrogens is 1. The molecule has 0 unspecified atom stereocenters. The number of carbonyl (C=O) groups is 2. The highest BCUT2D eigenvalue weighted by Gasteiger charge is 2.21. The third-order valence-electron chi connectivity index (χ3n) is 4.03. The number of hydrogen-bond acceptors (Lipinski definition) is 8. The van der Waals surface area contributed by atoms with Crippen LogP contribution in [0.25, 0.3) is 10.6 Å². The van der Waals surface area contributed by atoms with Crippen molar-refractivity contribution >= 4 is 28.9 Å². The van der Waals surface area contributed by atoms with Gasteiger partial charge in [-0.05, 0) is 6.42 Å². The van der Waals surface area contributed by atoms with Crippen LogP contribution in [-0.4, -0.2) is 32.9 Å². The molecule has 0 aliphatic carbocycles. The van der Waals surface area contributed by atoms with Crippen LogP contribution in [0.5, 0.6) is 0 Å². The number of hydrogen-bond donors (Lipinski definition) is 2. The number of thiazole rings is 1. The number of esters is 1. The van der Waals surface area contributed by atoms with Crippen molar-refractivity contribution in [2.45, 2.75) is 19.9 Å². The Labute approximate surface area is 168 Å². The number of nitrogens with zero attached hydrogens (tertiary/aromatic N) is 2. The van der Waals surface area contributed by atoms with Crippen LogP contribution < -0.4 is 17.0 Å². The fourth-order valence-electron chi connectivity index (χ4n) is 2.66. The molecule has 0 aliphatic rings. The standard InChI is InChI=1S/C19H18N4O5S/c1-2-8-23-15(20)14(16(25)22-19(23)27)13(24)9-28-18(26)12-10-29-17(21-12)11-6-4-3-5-7-11/h3-7,10H,2,8-9,20H2,1H3,(H,22,25,27). The van der Waals surface area contributed by atoms with E-state index >= 15 is 0 Å². The van der Waals surface area contributed by atoms with Crippen LogP contribution >= 0.6 is 11.3 Å². The molecule has 3 N–H and O–H groups in total. The Balaban J connectivity index is 1.74. The summed E-state index contributed by atoms with van der Waals surface area (Å²) >= 11 is 1.27. The maximum Gasteiger partial charge on any atom is 0.358 e. The maximum atomic E-state index is 12.4. The largest absolute Gasteiger partial charge is 0.453 e. The van der Waals surface area contributed by atoms with Crippen molar-refractivity contribution in [3.05, 3.63) is 67.8 Å². The van der Waals surface area contributed by atoms with Crippen LogP contribution in [-0.2, 0) is 11.3 Å². The van der Waals surface area contributed by atoms with Crippen molar-refractivity contribution < 1.29 is 14.3 Å². The third-order valence-corrected chi connectivity index (χ3v) is 4.93. The second kappa shape index (κ2) is 8.65. The summed E-state index contributed by atoms with van der Waals surface area (Å²) in [6.07, 6.45) is 0.576. The van der Waals surface area contributed by atoms with Crippen LogP contribution in [0.4, 0.5) is 5.82 Å². The first-order chi connectivity index (χ1) is 13.9. The fourth-order valence-corrected chi connectivity index (χ4v) is 3.46. The van der Waals surface area contributed by atoms with Crippen LogP contribution in [0.1, 0.15) is 34.2 Å². The number of benzene rings is 1. The zero-order chi connectivity index (χ0) is 21.0. The van der Waals surface area contributed by atoms with Gasteiger partial charge in [-0.2, -0.15) is 0 Å². The molecule has 0 saturated carbocycles. The van der Waals surface area contributed by atoms with Crippen LogP contribution in [0, 0.1) is 0 Å². The fraction of sp³-hybridized carbons (Fsp3) is 0.211. The van der Waals surface area contributed by atoms with Crippen LogP contribution in [0.2, 0.25) is 0 Å². The monoisotopic (exact) mass is 414 g/mol. The third kappa shape index (κ3) is 4.32. The van der Waals surface area contributed by atoms with Gasteiger partial charge < -0.3 is 10.5 Å². The van der Waals surface area contributed by atoms with Gasteiger partial charge in [0.2, 0.25) is 5.78 Å². The van der Waals surface area contributed by atoms with Gasteiger partial charge in [-0.15, -0.1) is 11.3 Å². The maximum absolute atomic E-state index is 12.4. The van der Waals surface area contributed by atoms with Gasteiger partial charge >= 0.3 is 11.7 Å². The second-order valence-electron chi connectivity index (χ2n) is 6.07. The number of Topliss-reactive ketones (excluding diaryl/α,β-unsaturated/α-hetero) is 1. The summed E-state index contributed by atoms with van der Waals surface area (Å²) in [5.41, 5.74) is 4.72. The molecular formula is C19H18N4O5S. The Morgan fingerprint density at radius 1 is 1.24 bits per heavy atom. The molecule has 0 radical (unpaired) electrons. The normalized spacial score (nSPS) is 10.7. The van der Waals surface area contributed by atoms with E-state index in [1.807, 2.05) is 37.3 Å². The van der Waals surface area contributed by atoms with Gasteiger partial charge in [0.25, 0.3) is 5.56 Å². The first-order valence-corrected chi connectivity index (χ1v) is 9.64. The quantitative estimate of drug-likeness (QED) is 0.443. The summed E-state index contributed by atoms with van der Waals surface area (Å²) in [7, 11) is 0. The molecule has 0 fully saturated rings. The molecule has 10 heteroatoms. The van der Waals surface area contributed by atoms with E-state index in [9.17, 15) is 19.2 Å². The Morgan fingerprint density at radius 3 is 2.66 bits per heavy atom. The summed E-state index contributed by atoms with van der Waals surface area (Å²) in [5, 5.41) is 2.16. The number of ketones is 1. The average Bonchev–Trinajstić information content (AvgIpc) is 3.20. The smallest absolute Gasteiger partial charge is 0.358 e. The highest BCUT2D eigenvalue weighted by atomic mass is 32.1. The minimum atomic E-state index is -0.916. The van der Waals surface area contributed by atoms with Crippen LogP contribution in [0.15, 0.2) is 45.3 Å². The lowest BCUT2D eigenvalue weighted by Crippen LogP contribution is -2.37. The summed E-state index contributed by atoms with van der Waals surface area (Å²) in [4.78, 5) is 54.7. The minimum absolute atomic E-state index is 0.0551. The Hall–Kier alpha value is -3.53. The summed E-state index contributed by atoms with van der Waals surface area (Å²) < 4.78 is 6.09. The second-order valence-corrected chi connectivity index (χ2v) is 6.93. The SMILES string of the molecule is CCCn1c(N)c(C(=O)COC(=O)c2csc(-c3ccccc3)n2)c(=O)[nH]c1=O. The molecule has 0 amide bonds. The minimum Gasteiger partial charge on any atom is -0.453 e. The first kappa shape index (κ1) is 20.2. The lowest BCUT2D eigenvalue weighted by Gasteiger charge is -2.11. The number of ether oxygens (including phenoxy) is 1. The summed E-state index contributed by atoms with van der Waals surface area (Å²) in [6, 6.07) is 9.30. The molecule has 150 valence electrons. The van der Waals surface area contributed by atoms with Gasteiger partial charge in [0.15, 0.2) is 12.3 Å². The molecule has 3 aromatic rings. The number of rotatable bonds is 7. The van der Waals surface area contributed by atoms with Gasteiger partial charge in [-0.3, -0.25) is 19.1 Å². The molecule has 2 aromatic heterocycles. The highest BCUT2D eigenvalue weighted by Crippen LogP contribution is 2.23. The molecule has 3 rings (SSSR count). The van der Waals surface area contributed by atoms with E-state index < -0.39 is 35.2 Å². The number of aromatic nitrogens is 3. The van der Waals surface area contributed by atoms with E-state index in [4.69, 9.17) is 10.5 Å². The summed E-state index contributed by atoms with van der Waals surface area (Å²) in [6.45, 7) is 1.36. The molecule has 0 aliphatic heterocycles. The van der Waals surface area contributed by atoms with E-state index in [0.29, 0.717) is 11.4 Å². The number of nitrogens with one attached hydrogen (secondary N) is 1. The van der Waals surface area contributed by atoms with E-state index in [-0.39, 0.29) is 18.1 Å². The zero-order valence-electron chi connectivity index (χ0n) is 15.5. The van der Waals surface area contributed by atoms with Gasteiger partial charge in [0, 0.05) is 17.5 Å². The Bertz CT molecular complexity index is 1160. The van der Waals surface area contributed by atoms with Crippen molar-refractivity contribution in [1.82, 2.24) is 14.5 Å². The molecule has 0 saturated heterocycles. The van der Waals surface area contributed by atoms with E-state index in [2.05, 4.69) is 9.97 Å². The summed E-state index contributed by atoms with van der Waals surface area (Å²) in [5.74, 6) is -1.85. The predicted molar refractivity (Wildman–Crippen MR) is 108 cm³/mol.